The van der Waals surface area contributed by atoms with Gasteiger partial charge in [0.15, 0.2) is 5.82 Å². The molecule has 3 aromatic rings. The van der Waals surface area contributed by atoms with E-state index in [4.69, 9.17) is 27.9 Å². The average Bonchev–Trinajstić information content (AvgIpc) is 3.18. The van der Waals surface area contributed by atoms with Crippen molar-refractivity contribution in [2.45, 2.75) is 25.0 Å². The van der Waals surface area contributed by atoms with Crippen molar-refractivity contribution in [3.8, 4) is 0 Å². The minimum atomic E-state index is -0.749. The number of cyclic esters (lactones) is 1. The van der Waals surface area contributed by atoms with Crippen molar-refractivity contribution in [1.29, 1.82) is 0 Å². The van der Waals surface area contributed by atoms with E-state index in [9.17, 15) is 9.90 Å². The Balaban J connectivity index is 1.96. The molecular weight excluding hydrogens is 451 g/mol. The van der Waals surface area contributed by atoms with E-state index in [-0.39, 0.29) is 6.42 Å². The van der Waals surface area contributed by atoms with Crippen LogP contribution in [0, 0.1) is 0 Å². The third-order valence-corrected chi connectivity index (χ3v) is 5.74. The second-order valence-corrected chi connectivity index (χ2v) is 8.17. The number of aromatic nitrogens is 4. The molecule has 2 atom stereocenters. The highest BCUT2D eigenvalue weighted by molar-refractivity contribution is 6.35. The number of carbonyl (C=O) groups is 1. The number of tetrazole rings is 1. The van der Waals surface area contributed by atoms with E-state index in [0.29, 0.717) is 27.9 Å². The van der Waals surface area contributed by atoms with Crippen LogP contribution < -0.4 is 0 Å². The highest BCUT2D eigenvalue weighted by Crippen LogP contribution is 2.38. The summed E-state index contributed by atoms with van der Waals surface area (Å²) in [5.41, 5.74) is 2.84. The Morgan fingerprint density at radius 3 is 2.28 bits per heavy atom. The first-order chi connectivity index (χ1) is 15.4. The lowest BCUT2D eigenvalue weighted by atomic mass is 9.91. The van der Waals surface area contributed by atoms with Crippen LogP contribution in [-0.4, -0.2) is 43.5 Å². The van der Waals surface area contributed by atoms with Crippen molar-refractivity contribution in [2.75, 3.05) is 0 Å². The number of allylic oxidation sites excluding steroid dienone is 2. The summed E-state index contributed by atoms with van der Waals surface area (Å²) >= 11 is 13.2. The van der Waals surface area contributed by atoms with Gasteiger partial charge < -0.3 is 9.84 Å². The summed E-state index contributed by atoms with van der Waals surface area (Å²) in [5, 5.41) is 23.0. The number of hydrogen-bond acceptors (Lipinski definition) is 6. The zero-order chi connectivity index (χ0) is 22.7. The van der Waals surface area contributed by atoms with Crippen LogP contribution in [0.4, 0.5) is 0 Å². The normalized spacial score (nSPS) is 18.6. The fourth-order valence-electron chi connectivity index (χ4n) is 3.62. The van der Waals surface area contributed by atoms with E-state index in [1.54, 1.807) is 31.3 Å². The average molecular weight is 471 g/mol. The molecule has 32 heavy (non-hydrogen) atoms. The lowest BCUT2D eigenvalue weighted by Gasteiger charge is -2.23. The van der Waals surface area contributed by atoms with Crippen molar-refractivity contribution in [3.05, 3.63) is 87.7 Å². The van der Waals surface area contributed by atoms with Crippen LogP contribution in [-0.2, 0) is 16.6 Å². The van der Waals surface area contributed by atoms with Gasteiger partial charge in [-0.15, -0.1) is 5.10 Å². The molecule has 1 saturated heterocycles. The Morgan fingerprint density at radius 2 is 1.75 bits per heavy atom. The maximum absolute atomic E-state index is 11.8. The molecule has 0 spiro atoms. The van der Waals surface area contributed by atoms with Gasteiger partial charge >= 0.3 is 5.97 Å². The minimum absolute atomic E-state index is 0.00919. The summed E-state index contributed by atoms with van der Waals surface area (Å²) < 4.78 is 6.91. The number of aliphatic hydroxyl groups is 1. The fourth-order valence-corrected chi connectivity index (χ4v) is 4.08. The van der Waals surface area contributed by atoms with Crippen LogP contribution in [0.2, 0.25) is 10.0 Å². The van der Waals surface area contributed by atoms with E-state index in [0.717, 1.165) is 16.7 Å². The van der Waals surface area contributed by atoms with Gasteiger partial charge in [0.05, 0.1) is 12.5 Å². The van der Waals surface area contributed by atoms with Gasteiger partial charge in [-0.1, -0.05) is 65.7 Å². The number of benzene rings is 2. The molecule has 1 aromatic heterocycles. The summed E-state index contributed by atoms with van der Waals surface area (Å²) in [6.07, 6.45) is 2.47. The third kappa shape index (κ3) is 4.75. The highest BCUT2D eigenvalue weighted by atomic mass is 35.5. The van der Waals surface area contributed by atoms with Gasteiger partial charge in [-0.25, -0.2) is 4.68 Å². The molecule has 0 unspecified atom stereocenters. The predicted molar refractivity (Wildman–Crippen MR) is 122 cm³/mol. The Kier molecular flexibility index (Phi) is 6.69. The van der Waals surface area contributed by atoms with Crippen LogP contribution in [0.15, 0.2) is 60.7 Å². The summed E-state index contributed by atoms with van der Waals surface area (Å²) in [6, 6.07) is 14.8. The standard InChI is InChI=1S/C23H20Cl2N4O3/c1-29-23(26-27-28-29)18(11-10-15-12-14(30)13-21(31)32-15)22(16-6-2-4-8-19(16)24)17-7-3-5-9-20(17)25/h2-11,14-15,30H,12-13H2,1H3/t14-,15-/m1/s1. The van der Waals surface area contributed by atoms with E-state index < -0.39 is 18.2 Å². The number of esters is 1. The molecular formula is C23H20Cl2N4O3. The number of carbonyl (C=O) groups excluding carboxylic acids is 1. The molecule has 4 rings (SSSR count). The van der Waals surface area contributed by atoms with Gasteiger partial charge in [-0.3, -0.25) is 4.79 Å². The van der Waals surface area contributed by atoms with Crippen LogP contribution in [0.1, 0.15) is 29.8 Å². The maximum Gasteiger partial charge on any atom is 0.309 e. The molecule has 1 fully saturated rings. The number of aliphatic hydroxyl groups excluding tert-OH is 1. The number of rotatable bonds is 5. The van der Waals surface area contributed by atoms with Crippen molar-refractivity contribution in [2.24, 2.45) is 7.05 Å². The molecule has 164 valence electrons. The summed E-state index contributed by atoms with van der Waals surface area (Å²) in [5.74, 6) is 0.0282. The quantitative estimate of drug-likeness (QED) is 0.445. The molecule has 0 saturated carbocycles. The SMILES string of the molecule is Cn1nnnc1C(C=C[C@@H]1C[C@@H](O)CC(=O)O1)=C(c1ccccc1Cl)c1ccccc1Cl. The van der Waals surface area contributed by atoms with E-state index in [1.807, 2.05) is 36.4 Å². The number of nitrogens with zero attached hydrogens (tertiary/aromatic N) is 4. The predicted octanol–water partition coefficient (Wildman–Crippen LogP) is 4.10. The first kappa shape index (κ1) is 22.2. The summed E-state index contributed by atoms with van der Waals surface area (Å²) in [4.78, 5) is 11.8. The zero-order valence-corrected chi connectivity index (χ0v) is 18.7. The molecule has 1 aliphatic heterocycles. The van der Waals surface area contributed by atoms with Gasteiger partial charge in [0.2, 0.25) is 0 Å². The van der Waals surface area contributed by atoms with Gasteiger partial charge in [-0.05, 0) is 28.6 Å². The Bertz CT molecular complexity index is 1160. The Morgan fingerprint density at radius 1 is 1.12 bits per heavy atom. The zero-order valence-electron chi connectivity index (χ0n) is 17.2. The molecule has 2 heterocycles. The Labute approximate surface area is 194 Å². The molecule has 0 radical (unpaired) electrons. The molecule has 1 aliphatic rings. The number of hydrogen-bond donors (Lipinski definition) is 1. The lowest BCUT2D eigenvalue weighted by molar-refractivity contribution is -0.156. The lowest BCUT2D eigenvalue weighted by Crippen LogP contribution is -2.31. The van der Waals surface area contributed by atoms with Crippen molar-refractivity contribution in [3.63, 3.8) is 0 Å². The molecule has 0 aliphatic carbocycles. The van der Waals surface area contributed by atoms with Crippen LogP contribution in [0.5, 0.6) is 0 Å². The fraction of sp³-hybridized carbons (Fsp3) is 0.217. The van der Waals surface area contributed by atoms with E-state index >= 15 is 0 Å². The molecule has 0 bridgehead atoms. The van der Waals surface area contributed by atoms with Gasteiger partial charge in [-0.2, -0.15) is 0 Å². The second-order valence-electron chi connectivity index (χ2n) is 7.36. The summed E-state index contributed by atoms with van der Waals surface area (Å²) in [6.45, 7) is 0. The molecule has 0 amide bonds. The summed E-state index contributed by atoms with van der Waals surface area (Å²) in [7, 11) is 1.73. The second kappa shape index (κ2) is 9.65. The molecule has 2 aromatic carbocycles. The molecule has 9 heteroatoms. The molecule has 7 nitrogen and oxygen atoms in total. The Hall–Kier alpha value is -3.00. The van der Waals surface area contributed by atoms with E-state index in [2.05, 4.69) is 15.5 Å². The number of ether oxygens (including phenoxy) is 1. The van der Waals surface area contributed by atoms with Gasteiger partial charge in [0.1, 0.15) is 6.10 Å². The topological polar surface area (TPSA) is 90.1 Å². The van der Waals surface area contributed by atoms with Crippen molar-refractivity contribution >= 4 is 40.3 Å². The van der Waals surface area contributed by atoms with Crippen LogP contribution >= 0.6 is 23.2 Å². The minimum Gasteiger partial charge on any atom is -0.458 e. The van der Waals surface area contributed by atoms with Crippen molar-refractivity contribution < 1.29 is 14.6 Å². The van der Waals surface area contributed by atoms with Gasteiger partial charge in [0.25, 0.3) is 0 Å². The van der Waals surface area contributed by atoms with E-state index in [1.165, 1.54) is 4.68 Å². The number of halogens is 2. The van der Waals surface area contributed by atoms with Crippen LogP contribution in [0.3, 0.4) is 0 Å². The van der Waals surface area contributed by atoms with Crippen molar-refractivity contribution in [1.82, 2.24) is 20.2 Å². The van der Waals surface area contributed by atoms with Gasteiger partial charge in [0, 0.05) is 45.8 Å². The third-order valence-electron chi connectivity index (χ3n) is 5.08. The highest BCUT2D eigenvalue weighted by Gasteiger charge is 2.26. The monoisotopic (exact) mass is 470 g/mol. The largest absolute Gasteiger partial charge is 0.458 e. The first-order valence-electron chi connectivity index (χ1n) is 9.96. The maximum atomic E-state index is 11.8. The number of aryl methyl sites for hydroxylation is 1. The molecule has 1 N–H and O–H groups in total. The van der Waals surface area contributed by atoms with Crippen LogP contribution in [0.25, 0.3) is 11.1 Å². The smallest absolute Gasteiger partial charge is 0.309 e. The first-order valence-corrected chi connectivity index (χ1v) is 10.7.